The Balaban J connectivity index is 1.99. The van der Waals surface area contributed by atoms with Gasteiger partial charge in [-0.2, -0.15) is 0 Å². The second-order valence-electron chi connectivity index (χ2n) is 4.02. The topological polar surface area (TPSA) is 51.2 Å². The summed E-state index contributed by atoms with van der Waals surface area (Å²) in [6.45, 7) is 2.79. The van der Waals surface area contributed by atoms with Gasteiger partial charge in [-0.15, -0.1) is 11.3 Å². The summed E-state index contributed by atoms with van der Waals surface area (Å²) in [5, 5.41) is 5.16. The van der Waals surface area contributed by atoms with Crippen LogP contribution in [0.1, 0.15) is 30.1 Å². The smallest absolute Gasteiger partial charge is 0.257 e. The zero-order valence-corrected chi connectivity index (χ0v) is 11.6. The number of hydrogen-bond acceptors (Lipinski definition) is 4. The number of carbonyl (C=O) groups excluding carboxylic acids is 1. The zero-order valence-electron chi connectivity index (χ0n) is 10.8. The van der Waals surface area contributed by atoms with Crippen LogP contribution in [0.15, 0.2) is 35.8 Å². The van der Waals surface area contributed by atoms with E-state index in [0.29, 0.717) is 17.3 Å². The number of aromatic nitrogens is 1. The first-order valence-corrected chi connectivity index (χ1v) is 7.11. The number of carbonyl (C=O) groups is 1. The number of thiazole rings is 1. The van der Waals surface area contributed by atoms with Gasteiger partial charge in [-0.05, 0) is 24.6 Å². The zero-order chi connectivity index (χ0) is 13.5. The van der Waals surface area contributed by atoms with Gasteiger partial charge in [-0.1, -0.05) is 19.4 Å². The minimum Gasteiger partial charge on any atom is -0.494 e. The third-order valence-electron chi connectivity index (χ3n) is 2.52. The van der Waals surface area contributed by atoms with Crippen LogP contribution in [0.2, 0.25) is 0 Å². The molecule has 0 saturated heterocycles. The Hall–Kier alpha value is -1.88. The Kier molecular flexibility index (Phi) is 4.92. The molecule has 0 aliphatic heterocycles. The number of nitrogens with one attached hydrogen (secondary N) is 1. The second-order valence-corrected chi connectivity index (χ2v) is 4.92. The summed E-state index contributed by atoms with van der Waals surface area (Å²) in [7, 11) is 0. The van der Waals surface area contributed by atoms with E-state index in [9.17, 15) is 4.79 Å². The van der Waals surface area contributed by atoms with E-state index in [1.165, 1.54) is 11.3 Å². The second kappa shape index (κ2) is 6.89. The molecule has 0 atom stereocenters. The molecule has 4 nitrogen and oxygen atoms in total. The van der Waals surface area contributed by atoms with Gasteiger partial charge in [0.1, 0.15) is 5.75 Å². The van der Waals surface area contributed by atoms with Crippen molar-refractivity contribution in [2.45, 2.75) is 19.8 Å². The number of amides is 1. The highest BCUT2D eigenvalue weighted by Gasteiger charge is 2.08. The Labute approximate surface area is 116 Å². The molecule has 0 aliphatic carbocycles. The van der Waals surface area contributed by atoms with Crippen LogP contribution in [0.5, 0.6) is 5.75 Å². The molecular weight excluding hydrogens is 260 g/mol. The van der Waals surface area contributed by atoms with E-state index in [1.54, 1.807) is 18.3 Å². The van der Waals surface area contributed by atoms with E-state index in [4.69, 9.17) is 4.74 Å². The van der Waals surface area contributed by atoms with E-state index >= 15 is 0 Å². The highest BCUT2D eigenvalue weighted by Crippen LogP contribution is 2.16. The summed E-state index contributed by atoms with van der Waals surface area (Å²) in [6, 6.07) is 7.18. The van der Waals surface area contributed by atoms with Gasteiger partial charge < -0.3 is 4.74 Å². The molecule has 0 radical (unpaired) electrons. The van der Waals surface area contributed by atoms with Crippen LogP contribution < -0.4 is 10.1 Å². The van der Waals surface area contributed by atoms with Gasteiger partial charge in [0.25, 0.3) is 5.91 Å². The Morgan fingerprint density at radius 2 is 2.37 bits per heavy atom. The quantitative estimate of drug-likeness (QED) is 0.820. The Morgan fingerprint density at radius 3 is 3.11 bits per heavy atom. The highest BCUT2D eigenvalue weighted by atomic mass is 32.1. The molecule has 19 heavy (non-hydrogen) atoms. The number of unbranched alkanes of at least 4 members (excludes halogenated alkanes) is 1. The number of rotatable bonds is 6. The number of benzene rings is 1. The molecule has 0 bridgehead atoms. The molecule has 5 heteroatoms. The fourth-order valence-electron chi connectivity index (χ4n) is 1.52. The molecule has 2 rings (SSSR count). The van der Waals surface area contributed by atoms with Crippen LogP contribution in [-0.4, -0.2) is 17.5 Å². The van der Waals surface area contributed by atoms with E-state index in [2.05, 4.69) is 17.2 Å². The van der Waals surface area contributed by atoms with Crippen LogP contribution in [0.25, 0.3) is 0 Å². The third-order valence-corrected chi connectivity index (χ3v) is 3.20. The van der Waals surface area contributed by atoms with Crippen molar-refractivity contribution in [3.8, 4) is 5.75 Å². The Morgan fingerprint density at radius 1 is 1.47 bits per heavy atom. The number of nitrogens with zero attached hydrogens (tertiary/aromatic N) is 1. The molecule has 0 unspecified atom stereocenters. The van der Waals surface area contributed by atoms with Crippen LogP contribution in [-0.2, 0) is 0 Å². The molecule has 0 aliphatic rings. The lowest BCUT2D eigenvalue weighted by molar-refractivity contribution is 0.102. The van der Waals surface area contributed by atoms with E-state index in [1.807, 2.05) is 17.5 Å². The fourth-order valence-corrected chi connectivity index (χ4v) is 2.04. The van der Waals surface area contributed by atoms with Crippen molar-refractivity contribution in [3.63, 3.8) is 0 Å². The molecule has 1 amide bonds. The van der Waals surface area contributed by atoms with E-state index < -0.39 is 0 Å². The molecule has 1 aromatic carbocycles. The van der Waals surface area contributed by atoms with Crippen molar-refractivity contribution in [3.05, 3.63) is 41.4 Å². The maximum atomic E-state index is 12.0. The lowest BCUT2D eigenvalue weighted by Gasteiger charge is -2.07. The first kappa shape index (κ1) is 13.5. The molecule has 100 valence electrons. The maximum absolute atomic E-state index is 12.0. The number of hydrogen-bond donors (Lipinski definition) is 1. The van der Waals surface area contributed by atoms with Crippen LogP contribution in [0.3, 0.4) is 0 Å². The minimum atomic E-state index is -0.170. The fraction of sp³-hybridized carbons (Fsp3) is 0.286. The van der Waals surface area contributed by atoms with Crippen molar-refractivity contribution in [1.29, 1.82) is 0 Å². The third kappa shape index (κ3) is 4.06. The van der Waals surface area contributed by atoms with Crippen molar-refractivity contribution in [1.82, 2.24) is 4.98 Å². The Bertz CT molecular complexity index is 526. The summed E-state index contributed by atoms with van der Waals surface area (Å²) in [5.74, 6) is 0.552. The van der Waals surface area contributed by atoms with Crippen molar-refractivity contribution >= 4 is 22.4 Å². The van der Waals surface area contributed by atoms with Gasteiger partial charge in [0, 0.05) is 17.1 Å². The molecule has 0 saturated carbocycles. The lowest BCUT2D eigenvalue weighted by atomic mass is 10.2. The highest BCUT2D eigenvalue weighted by molar-refractivity contribution is 7.13. The van der Waals surface area contributed by atoms with Gasteiger partial charge in [-0.25, -0.2) is 4.98 Å². The first-order valence-electron chi connectivity index (χ1n) is 6.23. The van der Waals surface area contributed by atoms with Gasteiger partial charge >= 0.3 is 0 Å². The molecule has 1 aromatic heterocycles. The molecule has 1 heterocycles. The van der Waals surface area contributed by atoms with E-state index in [0.717, 1.165) is 18.6 Å². The maximum Gasteiger partial charge on any atom is 0.257 e. The van der Waals surface area contributed by atoms with Crippen LogP contribution in [0, 0.1) is 0 Å². The van der Waals surface area contributed by atoms with Crippen molar-refractivity contribution < 1.29 is 9.53 Å². The summed E-state index contributed by atoms with van der Waals surface area (Å²) in [6.07, 6.45) is 3.75. The summed E-state index contributed by atoms with van der Waals surface area (Å²) in [5.41, 5.74) is 0.573. The summed E-state index contributed by atoms with van der Waals surface area (Å²) >= 11 is 1.39. The standard InChI is InChI=1S/C14H16N2O2S/c1-2-3-8-18-12-6-4-5-11(10-12)13(17)16-14-15-7-9-19-14/h4-7,9-10H,2-3,8H2,1H3,(H,15,16,17). The first-order chi connectivity index (χ1) is 9.29. The molecule has 2 aromatic rings. The number of anilines is 1. The minimum absolute atomic E-state index is 0.170. The largest absolute Gasteiger partial charge is 0.494 e. The van der Waals surface area contributed by atoms with Gasteiger partial charge in [0.2, 0.25) is 0 Å². The molecule has 0 fully saturated rings. The average molecular weight is 276 g/mol. The molecule has 1 N–H and O–H groups in total. The molecular formula is C14H16N2O2S. The van der Waals surface area contributed by atoms with Crippen LogP contribution in [0.4, 0.5) is 5.13 Å². The monoisotopic (exact) mass is 276 g/mol. The van der Waals surface area contributed by atoms with Crippen molar-refractivity contribution in [2.75, 3.05) is 11.9 Å². The molecule has 0 spiro atoms. The normalized spacial score (nSPS) is 10.2. The van der Waals surface area contributed by atoms with Gasteiger partial charge in [0.15, 0.2) is 5.13 Å². The van der Waals surface area contributed by atoms with Crippen molar-refractivity contribution in [2.24, 2.45) is 0 Å². The van der Waals surface area contributed by atoms with Crippen LogP contribution >= 0.6 is 11.3 Å². The van der Waals surface area contributed by atoms with E-state index in [-0.39, 0.29) is 5.91 Å². The number of ether oxygens (including phenoxy) is 1. The average Bonchev–Trinajstić information content (AvgIpc) is 2.92. The lowest BCUT2D eigenvalue weighted by Crippen LogP contribution is -2.11. The predicted octanol–water partition coefficient (Wildman–Crippen LogP) is 3.57. The van der Waals surface area contributed by atoms with Gasteiger partial charge in [0.05, 0.1) is 6.61 Å². The summed E-state index contributed by atoms with van der Waals surface area (Å²) < 4.78 is 5.58. The SMILES string of the molecule is CCCCOc1cccc(C(=O)Nc2nccs2)c1. The predicted molar refractivity (Wildman–Crippen MR) is 76.9 cm³/mol. The summed E-state index contributed by atoms with van der Waals surface area (Å²) in [4.78, 5) is 16.0. The van der Waals surface area contributed by atoms with Gasteiger partial charge in [-0.3, -0.25) is 10.1 Å².